The van der Waals surface area contributed by atoms with Crippen molar-refractivity contribution in [3.05, 3.63) is 0 Å². The monoisotopic (exact) mass is 443 g/mol. The van der Waals surface area contributed by atoms with E-state index < -0.39 is 39.8 Å². The second-order valence-electron chi connectivity index (χ2n) is 8.56. The number of hydrogen-bond acceptors (Lipinski definition) is 3. The molecule has 0 saturated carbocycles. The number of unbranched alkanes of at least 4 members (excludes halogenated alkanes) is 7. The number of carbonyl (C=O) groups is 1. The van der Waals surface area contributed by atoms with Gasteiger partial charge >= 0.3 is 12.1 Å². The second-order valence-corrected chi connectivity index (χ2v) is 10.6. The summed E-state index contributed by atoms with van der Waals surface area (Å²) >= 11 is 0. The molecule has 0 unspecified atom stereocenters. The zero-order valence-electron chi connectivity index (χ0n) is 18.7. The Hall–Kier alpha value is -0.630. The molecule has 4 nitrogen and oxygen atoms in total. The molecule has 0 fully saturated rings. The van der Waals surface area contributed by atoms with Crippen LogP contribution in [0.1, 0.15) is 98.8 Å². The van der Waals surface area contributed by atoms with E-state index in [9.17, 15) is 22.2 Å². The first kappa shape index (κ1) is 28.4. The van der Waals surface area contributed by atoms with Crippen LogP contribution in [0.15, 0.2) is 0 Å². The zero-order chi connectivity index (χ0) is 22.5. The first-order valence-electron chi connectivity index (χ1n) is 10.9. The lowest BCUT2D eigenvalue weighted by molar-refractivity contribution is -0.179. The molecule has 0 aliphatic carbocycles. The van der Waals surface area contributed by atoms with E-state index in [0.29, 0.717) is 12.8 Å². The van der Waals surface area contributed by atoms with Crippen LogP contribution in [-0.4, -0.2) is 33.8 Å². The Kier molecular flexibility index (Phi) is 14.1. The molecule has 29 heavy (non-hydrogen) atoms. The molecule has 0 aromatic rings. The average molecular weight is 444 g/mol. The molecule has 0 radical (unpaired) electrons. The van der Waals surface area contributed by atoms with Crippen molar-refractivity contribution in [2.75, 3.05) is 6.61 Å². The Bertz CT molecular complexity index is 479. The topological polar surface area (TPSA) is 55.4 Å². The highest BCUT2D eigenvalue weighted by molar-refractivity contribution is 7.84. The Morgan fingerprint density at radius 2 is 1.45 bits per heavy atom. The number of esters is 1. The predicted octanol–water partition coefficient (Wildman–Crippen LogP) is 6.07. The van der Waals surface area contributed by atoms with Crippen LogP contribution in [0.4, 0.5) is 13.2 Å². The molecular weight excluding hydrogens is 403 g/mol. The molecule has 0 aromatic carbocycles. The lowest BCUT2D eigenvalue weighted by Gasteiger charge is -2.30. The standard InChI is InChI=1S/C21H40F3NO3S/c1-6-8-10-11-12-13-14-15-17(19(26)28-16-9-7-2)18(21(22,23)24)25-29(27)20(3,4)5/h17-18,25H,6-16H2,1-5H3/t17-,18-,29-/m0/s1. The summed E-state index contributed by atoms with van der Waals surface area (Å²) in [4.78, 5) is 12.5. The fourth-order valence-electron chi connectivity index (χ4n) is 2.84. The molecule has 174 valence electrons. The van der Waals surface area contributed by atoms with Gasteiger partial charge in [0.1, 0.15) is 6.04 Å². The van der Waals surface area contributed by atoms with Gasteiger partial charge in [0.25, 0.3) is 0 Å². The SMILES string of the molecule is CCCCCCCCC[C@H](C(=O)OCCCC)[C@H](N[S@@](=O)C(C)(C)C)C(F)(F)F. The highest BCUT2D eigenvalue weighted by Gasteiger charge is 2.49. The van der Waals surface area contributed by atoms with Crippen LogP contribution in [0, 0.1) is 5.92 Å². The van der Waals surface area contributed by atoms with Gasteiger partial charge in [-0.15, -0.1) is 0 Å². The molecule has 0 heterocycles. The molecule has 0 amide bonds. The first-order chi connectivity index (χ1) is 13.4. The summed E-state index contributed by atoms with van der Waals surface area (Å²) < 4.78 is 60.1. The van der Waals surface area contributed by atoms with E-state index in [1.165, 1.54) is 0 Å². The van der Waals surface area contributed by atoms with E-state index in [1.807, 2.05) is 6.92 Å². The Balaban J connectivity index is 5.15. The van der Waals surface area contributed by atoms with Crippen LogP contribution in [0.2, 0.25) is 0 Å². The maximum Gasteiger partial charge on any atom is 0.405 e. The molecular formula is C21H40F3NO3S. The average Bonchev–Trinajstić information content (AvgIpc) is 2.60. The minimum Gasteiger partial charge on any atom is -0.465 e. The van der Waals surface area contributed by atoms with E-state index in [1.54, 1.807) is 20.8 Å². The normalized spacial score (nSPS) is 15.7. The molecule has 0 aromatic heterocycles. The Morgan fingerprint density at radius 3 is 1.93 bits per heavy atom. The highest BCUT2D eigenvalue weighted by Crippen LogP contribution is 2.31. The van der Waals surface area contributed by atoms with Crippen molar-refractivity contribution in [3.8, 4) is 0 Å². The van der Waals surface area contributed by atoms with Crippen molar-refractivity contribution in [2.24, 2.45) is 5.92 Å². The van der Waals surface area contributed by atoms with Crippen LogP contribution in [0.25, 0.3) is 0 Å². The van der Waals surface area contributed by atoms with Crippen LogP contribution in [0.3, 0.4) is 0 Å². The fraction of sp³-hybridized carbons (Fsp3) is 0.952. The number of alkyl halides is 3. The van der Waals surface area contributed by atoms with Crippen LogP contribution >= 0.6 is 0 Å². The molecule has 0 aliphatic rings. The third-order valence-corrected chi connectivity index (χ3v) is 6.29. The minimum atomic E-state index is -4.70. The first-order valence-corrected chi connectivity index (χ1v) is 12.0. The number of halogens is 3. The van der Waals surface area contributed by atoms with E-state index in [-0.39, 0.29) is 13.0 Å². The summed E-state index contributed by atoms with van der Waals surface area (Å²) in [6, 6.07) is -2.18. The van der Waals surface area contributed by atoms with Gasteiger partial charge in [-0.05, 0) is 33.6 Å². The lowest BCUT2D eigenvalue weighted by Crippen LogP contribution is -2.53. The summed E-state index contributed by atoms with van der Waals surface area (Å²) in [5, 5.41) is 0. The van der Waals surface area contributed by atoms with E-state index in [4.69, 9.17) is 4.74 Å². The quantitative estimate of drug-likeness (QED) is 0.247. The van der Waals surface area contributed by atoms with Gasteiger partial charge in [0.2, 0.25) is 0 Å². The zero-order valence-corrected chi connectivity index (χ0v) is 19.5. The van der Waals surface area contributed by atoms with Crippen LogP contribution in [-0.2, 0) is 20.5 Å². The molecule has 0 saturated heterocycles. The van der Waals surface area contributed by atoms with Crippen molar-refractivity contribution >= 4 is 17.0 Å². The van der Waals surface area contributed by atoms with Crippen LogP contribution < -0.4 is 4.72 Å². The van der Waals surface area contributed by atoms with Crippen molar-refractivity contribution in [3.63, 3.8) is 0 Å². The maximum atomic E-state index is 13.8. The van der Waals surface area contributed by atoms with Gasteiger partial charge in [0, 0.05) is 0 Å². The number of hydrogen-bond donors (Lipinski definition) is 1. The van der Waals surface area contributed by atoms with Gasteiger partial charge in [-0.25, -0.2) is 8.93 Å². The van der Waals surface area contributed by atoms with Gasteiger partial charge in [0.05, 0.1) is 28.3 Å². The minimum absolute atomic E-state index is 0.0667. The Morgan fingerprint density at radius 1 is 0.931 bits per heavy atom. The fourth-order valence-corrected chi connectivity index (χ4v) is 3.72. The second kappa shape index (κ2) is 14.4. The number of nitrogens with one attached hydrogen (secondary N) is 1. The Labute approximate surface area is 177 Å². The number of ether oxygens (including phenoxy) is 1. The largest absolute Gasteiger partial charge is 0.465 e. The van der Waals surface area contributed by atoms with Gasteiger partial charge in [0.15, 0.2) is 0 Å². The van der Waals surface area contributed by atoms with E-state index in [0.717, 1.165) is 44.9 Å². The molecule has 1 N–H and O–H groups in total. The van der Waals surface area contributed by atoms with Gasteiger partial charge < -0.3 is 4.74 Å². The number of rotatable bonds is 15. The molecule has 8 heteroatoms. The van der Waals surface area contributed by atoms with E-state index >= 15 is 0 Å². The third-order valence-electron chi connectivity index (χ3n) is 4.71. The molecule has 0 aliphatic heterocycles. The molecule has 3 atom stereocenters. The van der Waals surface area contributed by atoms with E-state index in [2.05, 4.69) is 11.6 Å². The predicted molar refractivity (Wildman–Crippen MR) is 113 cm³/mol. The lowest BCUT2D eigenvalue weighted by atomic mass is 9.93. The van der Waals surface area contributed by atoms with Gasteiger partial charge in [-0.1, -0.05) is 65.2 Å². The maximum absolute atomic E-state index is 13.8. The third kappa shape index (κ3) is 12.6. The smallest absolute Gasteiger partial charge is 0.405 e. The van der Waals surface area contributed by atoms with Crippen molar-refractivity contribution in [1.82, 2.24) is 4.72 Å². The summed E-state index contributed by atoms with van der Waals surface area (Å²) in [5.74, 6) is -2.25. The summed E-state index contributed by atoms with van der Waals surface area (Å²) in [6.45, 7) is 8.92. The van der Waals surface area contributed by atoms with Crippen molar-refractivity contribution < 1.29 is 26.9 Å². The van der Waals surface area contributed by atoms with Crippen LogP contribution in [0.5, 0.6) is 0 Å². The van der Waals surface area contributed by atoms with Gasteiger partial charge in [-0.2, -0.15) is 13.2 Å². The van der Waals surface area contributed by atoms with Crippen molar-refractivity contribution in [1.29, 1.82) is 0 Å². The molecule has 0 spiro atoms. The molecule has 0 rings (SSSR count). The van der Waals surface area contributed by atoms with Crippen molar-refractivity contribution in [2.45, 2.75) is 116 Å². The summed E-state index contributed by atoms with van der Waals surface area (Å²) in [5.41, 5.74) is 0. The summed E-state index contributed by atoms with van der Waals surface area (Å²) in [7, 11) is -1.95. The summed E-state index contributed by atoms with van der Waals surface area (Å²) in [6.07, 6.45) is 3.44. The number of carbonyl (C=O) groups excluding carboxylic acids is 1. The highest BCUT2D eigenvalue weighted by atomic mass is 32.2. The van der Waals surface area contributed by atoms with Gasteiger partial charge in [-0.3, -0.25) is 4.79 Å². The molecule has 0 bridgehead atoms.